The molecule has 0 amide bonds. The van der Waals surface area contributed by atoms with Gasteiger partial charge in [0.1, 0.15) is 5.82 Å². The molecule has 3 aromatic heterocycles. The summed E-state index contributed by atoms with van der Waals surface area (Å²) in [6, 6.07) is 14.2. The van der Waals surface area contributed by atoms with Crippen LogP contribution in [0.3, 0.4) is 0 Å². The highest BCUT2D eigenvalue weighted by Crippen LogP contribution is 2.25. The van der Waals surface area contributed by atoms with Crippen LogP contribution in [-0.4, -0.2) is 24.4 Å². The molecule has 0 aliphatic heterocycles. The Morgan fingerprint density at radius 2 is 1.92 bits per heavy atom. The zero-order valence-corrected chi connectivity index (χ0v) is 13.6. The highest BCUT2D eigenvalue weighted by atomic mass is 15.3. The Kier molecular flexibility index (Phi) is 3.49. The molecule has 0 saturated heterocycles. The minimum absolute atomic E-state index is 0.0830. The van der Waals surface area contributed by atoms with Gasteiger partial charge in [-0.1, -0.05) is 18.2 Å². The molecule has 6 nitrogen and oxygen atoms in total. The highest BCUT2D eigenvalue weighted by molar-refractivity contribution is 5.52. The number of fused-ring (bicyclic) bond motifs is 1. The Morgan fingerprint density at radius 1 is 1.04 bits per heavy atom. The fourth-order valence-electron chi connectivity index (χ4n) is 2.91. The van der Waals surface area contributed by atoms with Crippen LogP contribution in [0.25, 0.3) is 11.3 Å². The van der Waals surface area contributed by atoms with E-state index >= 15 is 0 Å². The van der Waals surface area contributed by atoms with Crippen molar-refractivity contribution in [1.29, 1.82) is 0 Å². The Bertz CT molecular complexity index is 970. The van der Waals surface area contributed by atoms with Gasteiger partial charge >= 0.3 is 0 Å². The van der Waals surface area contributed by atoms with Crippen LogP contribution in [0.4, 0.5) is 5.82 Å². The van der Waals surface area contributed by atoms with Crippen molar-refractivity contribution in [3.63, 3.8) is 0 Å². The van der Waals surface area contributed by atoms with Gasteiger partial charge < -0.3 is 5.32 Å². The lowest BCUT2D eigenvalue weighted by Gasteiger charge is -2.19. The molecule has 0 aliphatic carbocycles. The first-order valence-corrected chi connectivity index (χ1v) is 7.89. The second-order valence-corrected chi connectivity index (χ2v) is 5.76. The van der Waals surface area contributed by atoms with Gasteiger partial charge in [0.05, 0.1) is 17.9 Å². The molecular formula is C18H18N6. The minimum Gasteiger partial charge on any atom is -0.363 e. The molecule has 4 aromatic rings. The summed E-state index contributed by atoms with van der Waals surface area (Å²) < 4.78 is 3.70. The van der Waals surface area contributed by atoms with Crippen LogP contribution in [0.2, 0.25) is 0 Å². The molecule has 0 aliphatic rings. The van der Waals surface area contributed by atoms with Crippen molar-refractivity contribution in [2.45, 2.75) is 19.9 Å². The van der Waals surface area contributed by atoms with E-state index in [0.717, 1.165) is 28.4 Å². The number of hydrogen-bond donors (Lipinski definition) is 1. The smallest absolute Gasteiger partial charge is 0.157 e. The van der Waals surface area contributed by atoms with E-state index in [1.54, 1.807) is 12.4 Å². The molecule has 0 saturated carbocycles. The van der Waals surface area contributed by atoms with E-state index in [1.807, 2.05) is 52.6 Å². The number of aryl methyl sites for hydroxylation is 1. The summed E-state index contributed by atoms with van der Waals surface area (Å²) in [7, 11) is 0. The van der Waals surface area contributed by atoms with Gasteiger partial charge in [0.15, 0.2) is 5.65 Å². The lowest BCUT2D eigenvalue weighted by Crippen LogP contribution is -2.13. The van der Waals surface area contributed by atoms with Gasteiger partial charge in [-0.3, -0.25) is 0 Å². The molecule has 1 unspecified atom stereocenters. The fraction of sp³-hybridized carbons (Fsp3) is 0.167. The maximum absolute atomic E-state index is 4.48. The summed E-state index contributed by atoms with van der Waals surface area (Å²) >= 11 is 0. The Balaban J connectivity index is 1.72. The van der Waals surface area contributed by atoms with Crippen molar-refractivity contribution in [1.82, 2.24) is 24.4 Å². The van der Waals surface area contributed by atoms with Crippen molar-refractivity contribution >= 4 is 11.5 Å². The number of benzene rings is 1. The predicted octanol–water partition coefficient (Wildman–Crippen LogP) is 3.40. The Morgan fingerprint density at radius 3 is 2.75 bits per heavy atom. The molecule has 1 atom stereocenters. The van der Waals surface area contributed by atoms with Crippen LogP contribution in [0.5, 0.6) is 0 Å². The number of para-hydroxylation sites is 1. The van der Waals surface area contributed by atoms with E-state index in [0.29, 0.717) is 0 Å². The number of hydrogen-bond acceptors (Lipinski definition) is 4. The number of nitrogens with one attached hydrogen (secondary N) is 1. The molecule has 4 rings (SSSR count). The Hall–Kier alpha value is -3.15. The largest absolute Gasteiger partial charge is 0.363 e. The summed E-state index contributed by atoms with van der Waals surface area (Å²) in [4.78, 5) is 4.48. The monoisotopic (exact) mass is 318 g/mol. The van der Waals surface area contributed by atoms with Crippen LogP contribution in [0, 0.1) is 6.92 Å². The van der Waals surface area contributed by atoms with E-state index in [4.69, 9.17) is 0 Å². The number of nitrogens with zero attached hydrogens (tertiary/aromatic N) is 5. The van der Waals surface area contributed by atoms with E-state index in [9.17, 15) is 0 Å². The topological polar surface area (TPSA) is 60.0 Å². The molecule has 0 fully saturated rings. The Labute approximate surface area is 139 Å². The van der Waals surface area contributed by atoms with Crippen molar-refractivity contribution < 1.29 is 0 Å². The summed E-state index contributed by atoms with van der Waals surface area (Å²) in [5.74, 6) is 0.922. The molecule has 6 heteroatoms. The second kappa shape index (κ2) is 5.81. The van der Waals surface area contributed by atoms with Crippen LogP contribution in [0.15, 0.2) is 61.1 Å². The van der Waals surface area contributed by atoms with E-state index < -0.39 is 0 Å². The fourth-order valence-corrected chi connectivity index (χ4v) is 2.91. The van der Waals surface area contributed by atoms with Crippen molar-refractivity contribution in [3.05, 3.63) is 72.3 Å². The van der Waals surface area contributed by atoms with Gasteiger partial charge in [-0.15, -0.1) is 0 Å². The van der Waals surface area contributed by atoms with E-state index in [-0.39, 0.29) is 6.04 Å². The van der Waals surface area contributed by atoms with Gasteiger partial charge in [0.2, 0.25) is 0 Å². The van der Waals surface area contributed by atoms with Crippen molar-refractivity contribution in [2.24, 2.45) is 0 Å². The maximum atomic E-state index is 4.48. The first-order valence-electron chi connectivity index (χ1n) is 7.89. The first-order chi connectivity index (χ1) is 11.7. The molecule has 120 valence electrons. The van der Waals surface area contributed by atoms with E-state index in [2.05, 4.69) is 39.6 Å². The van der Waals surface area contributed by atoms with Gasteiger partial charge in [-0.2, -0.15) is 14.7 Å². The SMILES string of the molecule is Cc1cc(NC(C)c2ccccc2-n2cccn2)n2nccc2n1. The molecule has 3 heterocycles. The second-order valence-electron chi connectivity index (χ2n) is 5.76. The summed E-state index contributed by atoms with van der Waals surface area (Å²) in [5.41, 5.74) is 4.02. The standard InChI is InChI=1S/C18H18N6/c1-13-12-18(24-17(21-13)8-10-20-24)22-14(2)15-6-3-4-7-16(15)23-11-5-9-19-23/h3-12,14,22H,1-2H3. The summed E-state index contributed by atoms with van der Waals surface area (Å²) in [5, 5.41) is 12.3. The molecule has 0 spiro atoms. The zero-order valence-electron chi connectivity index (χ0n) is 13.6. The predicted molar refractivity (Wildman–Crippen MR) is 93.3 cm³/mol. The van der Waals surface area contributed by atoms with Gasteiger partial charge in [0, 0.05) is 30.2 Å². The van der Waals surface area contributed by atoms with Gasteiger partial charge in [0.25, 0.3) is 0 Å². The van der Waals surface area contributed by atoms with Crippen LogP contribution in [-0.2, 0) is 0 Å². The van der Waals surface area contributed by atoms with Crippen LogP contribution < -0.4 is 5.32 Å². The summed E-state index contributed by atoms with van der Waals surface area (Å²) in [6.07, 6.45) is 5.50. The third-order valence-electron chi connectivity index (χ3n) is 4.01. The van der Waals surface area contributed by atoms with Crippen LogP contribution in [0.1, 0.15) is 24.2 Å². The van der Waals surface area contributed by atoms with Gasteiger partial charge in [-0.05, 0) is 31.5 Å². The molecule has 24 heavy (non-hydrogen) atoms. The zero-order chi connectivity index (χ0) is 16.5. The lowest BCUT2D eigenvalue weighted by atomic mass is 10.1. The number of anilines is 1. The number of rotatable bonds is 4. The lowest BCUT2D eigenvalue weighted by molar-refractivity contribution is 0.801. The highest BCUT2D eigenvalue weighted by Gasteiger charge is 2.14. The molecule has 0 bridgehead atoms. The maximum Gasteiger partial charge on any atom is 0.157 e. The quantitative estimate of drug-likeness (QED) is 0.626. The molecule has 0 radical (unpaired) electrons. The molecule has 1 N–H and O–H groups in total. The van der Waals surface area contributed by atoms with Gasteiger partial charge in [-0.25, -0.2) is 9.67 Å². The van der Waals surface area contributed by atoms with Crippen LogP contribution >= 0.6 is 0 Å². The third kappa shape index (κ3) is 2.52. The average Bonchev–Trinajstić information content (AvgIpc) is 3.26. The molecular weight excluding hydrogens is 300 g/mol. The van der Waals surface area contributed by atoms with Crippen molar-refractivity contribution in [3.8, 4) is 5.69 Å². The normalized spacial score (nSPS) is 12.4. The number of aromatic nitrogens is 5. The average molecular weight is 318 g/mol. The van der Waals surface area contributed by atoms with E-state index in [1.165, 1.54) is 0 Å². The first kappa shape index (κ1) is 14.4. The van der Waals surface area contributed by atoms with Crippen molar-refractivity contribution in [2.75, 3.05) is 5.32 Å². The summed E-state index contributed by atoms with van der Waals surface area (Å²) in [6.45, 7) is 4.12. The third-order valence-corrected chi connectivity index (χ3v) is 4.01. The minimum atomic E-state index is 0.0830. The molecule has 1 aromatic carbocycles.